The molecule has 0 aliphatic heterocycles. The lowest BCUT2D eigenvalue weighted by atomic mass is 10.1. The SMILES string of the molecule is CC(=O)[C@@H]1C[C@H]1c1ccc(N)cc1. The van der Waals surface area contributed by atoms with Gasteiger partial charge in [-0.2, -0.15) is 0 Å². The Morgan fingerprint density at radius 3 is 2.46 bits per heavy atom. The third kappa shape index (κ3) is 1.57. The summed E-state index contributed by atoms with van der Waals surface area (Å²) in [5.41, 5.74) is 7.60. The molecule has 2 nitrogen and oxygen atoms in total. The van der Waals surface area contributed by atoms with Crippen LogP contribution in [0.5, 0.6) is 0 Å². The Balaban J connectivity index is 2.12. The molecular formula is C11H13NO. The molecule has 1 aromatic rings. The number of hydrogen-bond acceptors (Lipinski definition) is 2. The highest BCUT2D eigenvalue weighted by molar-refractivity contribution is 5.82. The maximum absolute atomic E-state index is 11.0. The number of Topliss-reactive ketones (excluding diaryl/α,β-unsaturated/α-hetero) is 1. The van der Waals surface area contributed by atoms with Gasteiger partial charge in [-0.3, -0.25) is 4.79 Å². The van der Waals surface area contributed by atoms with Gasteiger partial charge in [-0.15, -0.1) is 0 Å². The van der Waals surface area contributed by atoms with Crippen LogP contribution in [0.1, 0.15) is 24.8 Å². The van der Waals surface area contributed by atoms with Crippen molar-refractivity contribution in [1.29, 1.82) is 0 Å². The molecule has 68 valence electrons. The molecule has 0 amide bonds. The summed E-state index contributed by atoms with van der Waals surface area (Å²) < 4.78 is 0. The minimum atomic E-state index is 0.267. The number of nitrogens with two attached hydrogens (primary N) is 1. The summed E-state index contributed by atoms with van der Waals surface area (Å²) in [5, 5.41) is 0. The van der Waals surface area contributed by atoms with Crippen LogP contribution < -0.4 is 5.73 Å². The van der Waals surface area contributed by atoms with Gasteiger partial charge in [0.2, 0.25) is 0 Å². The van der Waals surface area contributed by atoms with Crippen molar-refractivity contribution >= 4 is 11.5 Å². The fourth-order valence-corrected chi connectivity index (χ4v) is 1.76. The van der Waals surface area contributed by atoms with Crippen LogP contribution in [-0.2, 0) is 4.79 Å². The fourth-order valence-electron chi connectivity index (χ4n) is 1.76. The van der Waals surface area contributed by atoms with E-state index in [0.717, 1.165) is 12.1 Å². The molecule has 0 bridgehead atoms. The van der Waals surface area contributed by atoms with E-state index in [1.54, 1.807) is 6.92 Å². The minimum Gasteiger partial charge on any atom is -0.399 e. The topological polar surface area (TPSA) is 43.1 Å². The van der Waals surface area contributed by atoms with Crippen molar-refractivity contribution in [2.24, 2.45) is 5.92 Å². The lowest BCUT2D eigenvalue weighted by Crippen LogP contribution is -1.94. The lowest BCUT2D eigenvalue weighted by Gasteiger charge is -1.98. The van der Waals surface area contributed by atoms with Gasteiger partial charge in [0.25, 0.3) is 0 Å². The number of benzene rings is 1. The van der Waals surface area contributed by atoms with Crippen molar-refractivity contribution in [3.63, 3.8) is 0 Å². The van der Waals surface area contributed by atoms with Crippen molar-refractivity contribution in [2.45, 2.75) is 19.3 Å². The third-order valence-electron chi connectivity index (χ3n) is 2.68. The Hall–Kier alpha value is -1.31. The Bertz CT molecular complexity index is 328. The van der Waals surface area contributed by atoms with Gasteiger partial charge in [-0.05, 0) is 37.0 Å². The van der Waals surface area contributed by atoms with E-state index in [4.69, 9.17) is 5.73 Å². The molecule has 2 N–H and O–H groups in total. The van der Waals surface area contributed by atoms with Crippen LogP contribution in [0.3, 0.4) is 0 Å². The molecule has 2 rings (SSSR count). The van der Waals surface area contributed by atoms with E-state index < -0.39 is 0 Å². The number of ketones is 1. The van der Waals surface area contributed by atoms with Gasteiger partial charge in [0, 0.05) is 11.6 Å². The van der Waals surface area contributed by atoms with Gasteiger partial charge in [-0.25, -0.2) is 0 Å². The second-order valence-electron chi connectivity index (χ2n) is 3.73. The molecule has 0 unspecified atom stereocenters. The van der Waals surface area contributed by atoms with Gasteiger partial charge in [0.15, 0.2) is 0 Å². The van der Waals surface area contributed by atoms with Gasteiger partial charge in [0.1, 0.15) is 5.78 Å². The maximum atomic E-state index is 11.0. The van der Waals surface area contributed by atoms with E-state index in [9.17, 15) is 4.79 Å². The molecule has 0 radical (unpaired) electrons. The number of rotatable bonds is 2. The Morgan fingerprint density at radius 2 is 2.00 bits per heavy atom. The zero-order valence-corrected chi connectivity index (χ0v) is 7.66. The fraction of sp³-hybridized carbons (Fsp3) is 0.364. The molecule has 0 spiro atoms. The molecule has 0 saturated heterocycles. The monoisotopic (exact) mass is 175 g/mol. The Labute approximate surface area is 77.8 Å². The van der Waals surface area contributed by atoms with Crippen LogP contribution in [0.25, 0.3) is 0 Å². The summed E-state index contributed by atoms with van der Waals surface area (Å²) in [4.78, 5) is 11.0. The molecule has 2 heteroatoms. The van der Waals surface area contributed by atoms with Gasteiger partial charge >= 0.3 is 0 Å². The highest BCUT2D eigenvalue weighted by Crippen LogP contribution is 2.47. The number of hydrogen-bond donors (Lipinski definition) is 1. The van der Waals surface area contributed by atoms with Crippen LogP contribution in [0.4, 0.5) is 5.69 Å². The molecule has 0 heterocycles. The van der Waals surface area contributed by atoms with Crippen molar-refractivity contribution in [1.82, 2.24) is 0 Å². The molecule has 1 aliphatic rings. The second kappa shape index (κ2) is 2.87. The average Bonchev–Trinajstić information content (AvgIpc) is 2.85. The van der Waals surface area contributed by atoms with E-state index >= 15 is 0 Å². The summed E-state index contributed by atoms with van der Waals surface area (Å²) in [6.07, 6.45) is 1.01. The summed E-state index contributed by atoms with van der Waals surface area (Å²) in [5.74, 6) is 1.03. The summed E-state index contributed by atoms with van der Waals surface area (Å²) in [7, 11) is 0. The highest BCUT2D eigenvalue weighted by Gasteiger charge is 2.41. The molecule has 2 atom stereocenters. The molecule has 1 aliphatic carbocycles. The van der Waals surface area contributed by atoms with Crippen LogP contribution in [-0.4, -0.2) is 5.78 Å². The average molecular weight is 175 g/mol. The quantitative estimate of drug-likeness (QED) is 0.698. The third-order valence-corrected chi connectivity index (χ3v) is 2.68. The maximum Gasteiger partial charge on any atom is 0.133 e. The van der Waals surface area contributed by atoms with E-state index in [2.05, 4.69) is 0 Å². The molecule has 0 aromatic heterocycles. The molecule has 1 saturated carbocycles. The molecule has 1 aromatic carbocycles. The smallest absolute Gasteiger partial charge is 0.133 e. The summed E-state index contributed by atoms with van der Waals surface area (Å²) >= 11 is 0. The van der Waals surface area contributed by atoms with Crippen molar-refractivity contribution in [3.05, 3.63) is 29.8 Å². The molecular weight excluding hydrogens is 162 g/mol. The van der Waals surface area contributed by atoms with E-state index in [-0.39, 0.29) is 5.92 Å². The normalized spacial score (nSPS) is 25.6. The van der Waals surface area contributed by atoms with Crippen LogP contribution in [0.15, 0.2) is 24.3 Å². The zero-order valence-electron chi connectivity index (χ0n) is 7.66. The van der Waals surface area contributed by atoms with Gasteiger partial charge in [-0.1, -0.05) is 12.1 Å². The summed E-state index contributed by atoms with van der Waals surface area (Å²) in [6.45, 7) is 1.67. The zero-order chi connectivity index (χ0) is 9.42. The second-order valence-corrected chi connectivity index (χ2v) is 3.73. The highest BCUT2D eigenvalue weighted by atomic mass is 16.1. The van der Waals surface area contributed by atoms with Gasteiger partial charge in [0.05, 0.1) is 0 Å². The van der Waals surface area contributed by atoms with E-state index in [1.165, 1.54) is 5.56 Å². The first-order chi connectivity index (χ1) is 6.18. The number of anilines is 1. The molecule has 13 heavy (non-hydrogen) atoms. The van der Waals surface area contributed by atoms with Crippen LogP contribution >= 0.6 is 0 Å². The number of carbonyl (C=O) groups is 1. The van der Waals surface area contributed by atoms with Crippen molar-refractivity contribution in [3.8, 4) is 0 Å². The lowest BCUT2D eigenvalue weighted by molar-refractivity contribution is -0.118. The van der Waals surface area contributed by atoms with Gasteiger partial charge < -0.3 is 5.73 Å². The first kappa shape index (κ1) is 8.30. The number of carbonyl (C=O) groups excluding carboxylic acids is 1. The first-order valence-corrected chi connectivity index (χ1v) is 4.54. The largest absolute Gasteiger partial charge is 0.399 e. The van der Waals surface area contributed by atoms with Crippen molar-refractivity contribution in [2.75, 3.05) is 5.73 Å². The Morgan fingerprint density at radius 1 is 1.38 bits per heavy atom. The van der Waals surface area contributed by atoms with E-state index in [1.807, 2.05) is 24.3 Å². The van der Waals surface area contributed by atoms with Crippen LogP contribution in [0, 0.1) is 5.92 Å². The van der Waals surface area contributed by atoms with Crippen molar-refractivity contribution < 1.29 is 4.79 Å². The predicted molar refractivity (Wildman–Crippen MR) is 52.4 cm³/mol. The Kier molecular flexibility index (Phi) is 1.83. The van der Waals surface area contributed by atoms with Crippen LogP contribution in [0.2, 0.25) is 0 Å². The molecule has 1 fully saturated rings. The number of nitrogen functional groups attached to an aromatic ring is 1. The minimum absolute atomic E-state index is 0.267. The summed E-state index contributed by atoms with van der Waals surface area (Å²) in [6, 6.07) is 7.82. The van der Waals surface area contributed by atoms with E-state index in [0.29, 0.717) is 11.7 Å². The standard InChI is InChI=1S/C11H13NO/c1-7(13)10-6-11(10)8-2-4-9(12)5-3-8/h2-5,10-11H,6,12H2,1H3/t10-,11-/m0/s1. The predicted octanol–water partition coefficient (Wildman–Crippen LogP) is 1.96. The first-order valence-electron chi connectivity index (χ1n) is 4.54.